The Hall–Kier alpha value is -3.15. The van der Waals surface area contributed by atoms with E-state index in [9.17, 15) is 24.3 Å². The number of anilines is 1. The second-order valence-corrected chi connectivity index (χ2v) is 12.2. The Morgan fingerprint density at radius 3 is 2.55 bits per heavy atom. The highest BCUT2D eigenvalue weighted by Crippen LogP contribution is 2.40. The average Bonchev–Trinajstić information content (AvgIpc) is 3.47. The van der Waals surface area contributed by atoms with Crippen molar-refractivity contribution >= 4 is 73.8 Å². The maximum atomic E-state index is 13.0. The number of thiophene rings is 1. The van der Waals surface area contributed by atoms with Crippen molar-refractivity contribution in [3.8, 4) is 5.00 Å². The van der Waals surface area contributed by atoms with E-state index in [4.69, 9.17) is 0 Å². The van der Waals surface area contributed by atoms with Crippen LogP contribution in [0.3, 0.4) is 0 Å². The number of carboxylic acid groups (broad SMARTS) is 1. The number of aromatic carboxylic acids is 1. The third-order valence-corrected chi connectivity index (χ3v) is 9.34. The van der Waals surface area contributed by atoms with E-state index in [1.807, 2.05) is 24.5 Å². The maximum Gasteiger partial charge on any atom is 0.339 e. The van der Waals surface area contributed by atoms with E-state index >= 15 is 0 Å². The highest BCUT2D eigenvalue weighted by Gasteiger charge is 2.36. The highest BCUT2D eigenvalue weighted by molar-refractivity contribution is 9.10. The van der Waals surface area contributed by atoms with Gasteiger partial charge in [-0.1, -0.05) is 15.9 Å². The molecule has 2 aliphatic rings. The number of aryl methyl sites for hydroxylation is 2. The van der Waals surface area contributed by atoms with Gasteiger partial charge >= 0.3 is 5.97 Å². The Kier molecular flexibility index (Phi) is 7.34. The second-order valence-electron chi connectivity index (χ2n) is 9.18. The van der Waals surface area contributed by atoms with Crippen LogP contribution in [0.15, 0.2) is 39.7 Å². The van der Waals surface area contributed by atoms with Crippen molar-refractivity contribution in [1.82, 2.24) is 9.47 Å². The zero-order valence-electron chi connectivity index (χ0n) is 20.7. The molecule has 1 aliphatic heterocycles. The first-order chi connectivity index (χ1) is 18.1. The fraction of sp³-hybridized carbons (Fsp3) is 0.259. The van der Waals surface area contributed by atoms with Crippen molar-refractivity contribution in [2.45, 2.75) is 39.5 Å². The predicted molar refractivity (Wildman–Crippen MR) is 152 cm³/mol. The number of halogens is 1. The van der Waals surface area contributed by atoms with Crippen LogP contribution in [0.25, 0.3) is 11.1 Å². The van der Waals surface area contributed by atoms with E-state index < -0.39 is 23.0 Å². The first-order valence-electron chi connectivity index (χ1n) is 12.0. The number of amides is 3. The van der Waals surface area contributed by atoms with Gasteiger partial charge < -0.3 is 15.0 Å². The fourth-order valence-corrected chi connectivity index (χ4v) is 7.42. The number of carbonyl (C=O) groups is 4. The zero-order chi connectivity index (χ0) is 27.1. The Morgan fingerprint density at radius 1 is 1.13 bits per heavy atom. The Labute approximate surface area is 235 Å². The number of imide groups is 1. The van der Waals surface area contributed by atoms with Gasteiger partial charge in [-0.15, -0.1) is 11.3 Å². The van der Waals surface area contributed by atoms with Gasteiger partial charge in [-0.2, -0.15) is 0 Å². The standard InChI is InChI=1S/C27H24BrN3O5S2/c1-14-11-16(15(2)31(14)25-23(26(34)35)19-5-3-4-6-20(19)37-25)12-21-24(33)30(27(36)38-21)13-22(32)29-18-9-7-17(28)8-10-18/h7-12H,3-6,13H2,1-2H3,(H,29,32)(H,34,35)/b21-12-. The molecule has 1 aliphatic carbocycles. The molecule has 0 unspecified atom stereocenters. The molecule has 0 spiro atoms. The molecule has 1 fully saturated rings. The van der Waals surface area contributed by atoms with Crippen LogP contribution < -0.4 is 5.32 Å². The summed E-state index contributed by atoms with van der Waals surface area (Å²) in [5.74, 6) is -1.94. The number of hydrogen-bond acceptors (Lipinski definition) is 6. The molecule has 3 aromatic rings. The van der Waals surface area contributed by atoms with Gasteiger partial charge in [0.1, 0.15) is 11.5 Å². The number of carboxylic acids is 1. The van der Waals surface area contributed by atoms with Gasteiger partial charge in [-0.25, -0.2) is 4.79 Å². The topological polar surface area (TPSA) is 109 Å². The van der Waals surface area contributed by atoms with E-state index in [0.29, 0.717) is 16.3 Å². The zero-order valence-corrected chi connectivity index (χ0v) is 23.9. The van der Waals surface area contributed by atoms with Crippen LogP contribution in [-0.2, 0) is 22.4 Å². The van der Waals surface area contributed by atoms with Crippen LogP contribution in [0.1, 0.15) is 50.6 Å². The molecule has 38 heavy (non-hydrogen) atoms. The minimum atomic E-state index is -0.934. The number of aromatic nitrogens is 1. The summed E-state index contributed by atoms with van der Waals surface area (Å²) in [4.78, 5) is 52.6. The highest BCUT2D eigenvalue weighted by atomic mass is 79.9. The second kappa shape index (κ2) is 10.5. The average molecular weight is 615 g/mol. The van der Waals surface area contributed by atoms with Gasteiger partial charge in [-0.05, 0) is 98.8 Å². The lowest BCUT2D eigenvalue weighted by atomic mass is 9.95. The molecule has 0 atom stereocenters. The molecule has 0 saturated carbocycles. The van der Waals surface area contributed by atoms with E-state index in [2.05, 4.69) is 21.2 Å². The largest absolute Gasteiger partial charge is 0.478 e. The first kappa shape index (κ1) is 26.5. The Morgan fingerprint density at radius 2 is 1.84 bits per heavy atom. The number of thioether (sulfide) groups is 1. The van der Waals surface area contributed by atoms with E-state index in [1.165, 1.54) is 11.3 Å². The molecule has 1 aromatic carbocycles. The lowest BCUT2D eigenvalue weighted by molar-refractivity contribution is -0.127. The minimum Gasteiger partial charge on any atom is -0.478 e. The molecule has 3 heterocycles. The molecule has 1 saturated heterocycles. The number of carbonyl (C=O) groups excluding carboxylic acids is 3. The molecule has 3 amide bonds. The maximum absolute atomic E-state index is 13.0. The van der Waals surface area contributed by atoms with Crippen LogP contribution >= 0.6 is 39.0 Å². The summed E-state index contributed by atoms with van der Waals surface area (Å²) in [6.45, 7) is 3.38. The molecule has 5 rings (SSSR count). The molecule has 2 N–H and O–H groups in total. The van der Waals surface area contributed by atoms with Gasteiger partial charge in [-0.3, -0.25) is 19.3 Å². The lowest BCUT2D eigenvalue weighted by Gasteiger charge is -2.12. The molecule has 11 heteroatoms. The van der Waals surface area contributed by atoms with Crippen molar-refractivity contribution in [2.75, 3.05) is 11.9 Å². The number of hydrogen-bond donors (Lipinski definition) is 2. The molecular formula is C27H24BrN3O5S2. The normalized spacial score (nSPS) is 16.3. The summed E-state index contributed by atoms with van der Waals surface area (Å²) in [6, 6.07) is 8.86. The van der Waals surface area contributed by atoms with Gasteiger partial charge in [0.25, 0.3) is 11.1 Å². The number of benzene rings is 1. The summed E-state index contributed by atoms with van der Waals surface area (Å²) in [5, 5.41) is 12.9. The van der Waals surface area contributed by atoms with Gasteiger partial charge in [0.05, 0.1) is 10.5 Å². The summed E-state index contributed by atoms with van der Waals surface area (Å²) in [7, 11) is 0. The monoisotopic (exact) mass is 613 g/mol. The van der Waals surface area contributed by atoms with Crippen LogP contribution in [0.4, 0.5) is 10.5 Å². The van der Waals surface area contributed by atoms with E-state index in [-0.39, 0.29) is 11.4 Å². The van der Waals surface area contributed by atoms with Crippen molar-refractivity contribution in [2.24, 2.45) is 0 Å². The number of nitrogens with zero attached hydrogens (tertiary/aromatic N) is 2. The van der Waals surface area contributed by atoms with Crippen LogP contribution in [0.5, 0.6) is 0 Å². The van der Waals surface area contributed by atoms with E-state index in [1.54, 1.807) is 30.3 Å². The minimum absolute atomic E-state index is 0.218. The summed E-state index contributed by atoms with van der Waals surface area (Å²) >= 11 is 5.64. The number of rotatable bonds is 6. The first-order valence-corrected chi connectivity index (χ1v) is 14.4. The SMILES string of the molecule is Cc1cc(/C=C2\SC(=O)N(CC(=O)Nc3ccc(Br)cc3)C2=O)c(C)n1-c1sc2c(c1C(=O)O)CCCC2. The number of fused-ring (bicyclic) bond motifs is 1. The lowest BCUT2D eigenvalue weighted by Crippen LogP contribution is -2.36. The molecular weight excluding hydrogens is 590 g/mol. The summed E-state index contributed by atoms with van der Waals surface area (Å²) < 4.78 is 2.79. The smallest absolute Gasteiger partial charge is 0.339 e. The van der Waals surface area contributed by atoms with Gasteiger partial charge in [0.2, 0.25) is 5.91 Å². The summed E-state index contributed by atoms with van der Waals surface area (Å²) in [6.07, 6.45) is 5.33. The Balaban J connectivity index is 1.40. The fourth-order valence-electron chi connectivity index (χ4n) is 4.83. The van der Waals surface area contributed by atoms with Crippen LogP contribution in [-0.4, -0.2) is 44.1 Å². The van der Waals surface area contributed by atoms with Crippen molar-refractivity contribution in [3.05, 3.63) is 72.7 Å². The third-order valence-electron chi connectivity index (χ3n) is 6.63. The quantitative estimate of drug-likeness (QED) is 0.322. The van der Waals surface area contributed by atoms with Gasteiger partial charge in [0, 0.05) is 26.4 Å². The van der Waals surface area contributed by atoms with E-state index in [0.717, 1.165) is 74.2 Å². The Bertz CT molecular complexity index is 1520. The van der Waals surface area contributed by atoms with Crippen molar-refractivity contribution < 1.29 is 24.3 Å². The molecule has 8 nitrogen and oxygen atoms in total. The number of nitrogens with one attached hydrogen (secondary N) is 1. The third kappa shape index (κ3) is 4.97. The summed E-state index contributed by atoms with van der Waals surface area (Å²) in [5.41, 5.74) is 4.18. The molecule has 196 valence electrons. The predicted octanol–water partition coefficient (Wildman–Crippen LogP) is 6.17. The van der Waals surface area contributed by atoms with Gasteiger partial charge in [0.15, 0.2) is 0 Å². The molecule has 0 radical (unpaired) electrons. The molecule has 0 bridgehead atoms. The van der Waals surface area contributed by atoms with Crippen LogP contribution in [0.2, 0.25) is 0 Å². The van der Waals surface area contributed by atoms with Crippen LogP contribution in [0, 0.1) is 13.8 Å². The van der Waals surface area contributed by atoms with Crippen molar-refractivity contribution in [3.63, 3.8) is 0 Å². The molecule has 2 aromatic heterocycles. The van der Waals surface area contributed by atoms with Crippen molar-refractivity contribution in [1.29, 1.82) is 0 Å².